The Morgan fingerprint density at radius 3 is 2.70 bits per heavy atom. The average Bonchev–Trinajstić information content (AvgIpc) is 3.44. The number of ether oxygens (including phenoxy) is 1. The Bertz CT molecular complexity index is 1190. The van der Waals surface area contributed by atoms with Crippen molar-refractivity contribution < 1.29 is 4.74 Å². The van der Waals surface area contributed by atoms with Crippen LogP contribution in [0.2, 0.25) is 0 Å². The van der Waals surface area contributed by atoms with Crippen molar-refractivity contribution in [3.8, 4) is 11.6 Å². The predicted molar refractivity (Wildman–Crippen MR) is 114 cm³/mol. The van der Waals surface area contributed by atoms with Gasteiger partial charge in [-0.1, -0.05) is 24.3 Å². The highest BCUT2D eigenvalue weighted by Crippen LogP contribution is 2.23. The van der Waals surface area contributed by atoms with Crippen molar-refractivity contribution in [3.63, 3.8) is 0 Å². The SMILES string of the molecule is O=c1[nH]c(NCc2ccc(OC3CCCC3)nc2)nc2c1cnn2-c1ccccc1. The van der Waals surface area contributed by atoms with Gasteiger partial charge in [0.2, 0.25) is 11.8 Å². The predicted octanol–water partition coefficient (Wildman–Crippen LogP) is 3.44. The Hall–Kier alpha value is -3.68. The lowest BCUT2D eigenvalue weighted by molar-refractivity contribution is 0.201. The van der Waals surface area contributed by atoms with Crippen LogP contribution >= 0.6 is 0 Å². The Morgan fingerprint density at radius 1 is 1.10 bits per heavy atom. The fourth-order valence-corrected chi connectivity index (χ4v) is 3.71. The van der Waals surface area contributed by atoms with Crippen molar-refractivity contribution in [3.05, 3.63) is 70.8 Å². The summed E-state index contributed by atoms with van der Waals surface area (Å²) >= 11 is 0. The zero-order valence-electron chi connectivity index (χ0n) is 16.4. The van der Waals surface area contributed by atoms with Crippen LogP contribution in [0.3, 0.4) is 0 Å². The second-order valence-corrected chi connectivity index (χ2v) is 7.43. The lowest BCUT2D eigenvalue weighted by Gasteiger charge is -2.12. The smallest absolute Gasteiger partial charge is 0.263 e. The van der Waals surface area contributed by atoms with Gasteiger partial charge in [0.05, 0.1) is 11.9 Å². The normalized spacial score (nSPS) is 14.3. The molecule has 0 spiro atoms. The van der Waals surface area contributed by atoms with Crippen molar-refractivity contribution >= 4 is 17.0 Å². The van der Waals surface area contributed by atoms with E-state index in [1.165, 1.54) is 19.0 Å². The molecule has 5 rings (SSSR count). The van der Waals surface area contributed by atoms with Crippen molar-refractivity contribution in [1.29, 1.82) is 0 Å². The van der Waals surface area contributed by atoms with Crippen LogP contribution in [-0.4, -0.2) is 30.8 Å². The quantitative estimate of drug-likeness (QED) is 0.513. The molecule has 0 bridgehead atoms. The third kappa shape index (κ3) is 3.76. The molecule has 0 radical (unpaired) electrons. The van der Waals surface area contributed by atoms with E-state index in [9.17, 15) is 4.79 Å². The summed E-state index contributed by atoms with van der Waals surface area (Å²) in [6.07, 6.45) is 8.26. The first kappa shape index (κ1) is 18.4. The third-order valence-corrected chi connectivity index (χ3v) is 5.29. The van der Waals surface area contributed by atoms with Gasteiger partial charge in [0.15, 0.2) is 5.65 Å². The minimum atomic E-state index is -0.233. The van der Waals surface area contributed by atoms with Gasteiger partial charge in [0.25, 0.3) is 5.56 Å². The van der Waals surface area contributed by atoms with Gasteiger partial charge in [0, 0.05) is 18.8 Å². The Kier molecular flexibility index (Phi) is 4.88. The van der Waals surface area contributed by atoms with Crippen molar-refractivity contribution in [2.24, 2.45) is 0 Å². The molecule has 30 heavy (non-hydrogen) atoms. The summed E-state index contributed by atoms with van der Waals surface area (Å²) in [7, 11) is 0. The van der Waals surface area contributed by atoms with E-state index in [1.54, 1.807) is 10.9 Å². The Labute approximate surface area is 173 Å². The number of hydrogen-bond acceptors (Lipinski definition) is 6. The molecule has 8 nitrogen and oxygen atoms in total. The van der Waals surface area contributed by atoms with Crippen molar-refractivity contribution in [2.75, 3.05) is 5.32 Å². The summed E-state index contributed by atoms with van der Waals surface area (Å²) in [6.45, 7) is 0.477. The molecule has 0 unspecified atom stereocenters. The van der Waals surface area contributed by atoms with Gasteiger partial charge >= 0.3 is 0 Å². The number of H-pyrrole nitrogens is 1. The van der Waals surface area contributed by atoms with Crippen molar-refractivity contribution in [2.45, 2.75) is 38.3 Å². The van der Waals surface area contributed by atoms with Crippen LogP contribution in [0.4, 0.5) is 5.95 Å². The number of pyridine rings is 1. The van der Waals surface area contributed by atoms with Crippen LogP contribution in [-0.2, 0) is 6.54 Å². The fraction of sp³-hybridized carbons (Fsp3) is 0.273. The first-order valence-corrected chi connectivity index (χ1v) is 10.2. The number of rotatable bonds is 6. The standard InChI is InChI=1S/C22H22N6O2/c29-21-18-14-25-28(16-6-2-1-3-7-16)20(18)26-22(27-21)24-13-15-10-11-19(23-12-15)30-17-8-4-5-9-17/h1-3,6-7,10-12,14,17H,4-5,8-9,13H2,(H2,24,26,27,29). The molecule has 3 heterocycles. The molecule has 1 saturated carbocycles. The van der Waals surface area contributed by atoms with E-state index in [-0.39, 0.29) is 11.7 Å². The summed E-state index contributed by atoms with van der Waals surface area (Å²) in [5.74, 6) is 1.04. The molecule has 3 aromatic heterocycles. The minimum Gasteiger partial charge on any atom is -0.474 e. The lowest BCUT2D eigenvalue weighted by atomic mass is 10.3. The number of hydrogen-bond donors (Lipinski definition) is 2. The van der Waals surface area contributed by atoms with Gasteiger partial charge in [-0.15, -0.1) is 0 Å². The van der Waals surface area contributed by atoms with Crippen LogP contribution in [0.15, 0.2) is 59.7 Å². The van der Waals surface area contributed by atoms with E-state index >= 15 is 0 Å². The van der Waals surface area contributed by atoms with E-state index in [0.717, 1.165) is 24.1 Å². The van der Waals surface area contributed by atoms with Crippen LogP contribution in [0.25, 0.3) is 16.7 Å². The number of aromatic nitrogens is 5. The van der Waals surface area contributed by atoms with Gasteiger partial charge in [-0.05, 0) is 43.4 Å². The second-order valence-electron chi connectivity index (χ2n) is 7.43. The molecule has 0 atom stereocenters. The van der Waals surface area contributed by atoms with Crippen molar-refractivity contribution in [1.82, 2.24) is 24.7 Å². The molecule has 0 amide bonds. The maximum atomic E-state index is 12.4. The second kappa shape index (κ2) is 7.98. The molecule has 2 N–H and O–H groups in total. The van der Waals surface area contributed by atoms with Gasteiger partial charge in [0.1, 0.15) is 11.5 Å². The first-order chi connectivity index (χ1) is 14.8. The molecule has 1 fully saturated rings. The Morgan fingerprint density at radius 2 is 1.93 bits per heavy atom. The van der Waals surface area contributed by atoms with E-state index in [0.29, 0.717) is 29.4 Å². The lowest BCUT2D eigenvalue weighted by Crippen LogP contribution is -2.14. The minimum absolute atomic E-state index is 0.233. The number of aromatic amines is 1. The van der Waals surface area contributed by atoms with Crippen LogP contribution in [0.1, 0.15) is 31.2 Å². The number of nitrogens with zero attached hydrogens (tertiary/aromatic N) is 4. The summed E-state index contributed by atoms with van der Waals surface area (Å²) < 4.78 is 7.56. The largest absolute Gasteiger partial charge is 0.474 e. The van der Waals surface area contributed by atoms with Gasteiger partial charge in [-0.2, -0.15) is 10.1 Å². The number of anilines is 1. The zero-order valence-corrected chi connectivity index (χ0v) is 16.4. The van der Waals surface area contributed by atoms with E-state index in [4.69, 9.17) is 4.74 Å². The van der Waals surface area contributed by atoms with Gasteiger partial charge in [-0.25, -0.2) is 9.67 Å². The third-order valence-electron chi connectivity index (χ3n) is 5.29. The number of benzene rings is 1. The average molecular weight is 402 g/mol. The highest BCUT2D eigenvalue weighted by molar-refractivity contribution is 5.76. The first-order valence-electron chi connectivity index (χ1n) is 10.2. The van der Waals surface area contributed by atoms with Crippen LogP contribution in [0, 0.1) is 0 Å². The topological polar surface area (TPSA) is 97.7 Å². The molecule has 152 valence electrons. The summed E-state index contributed by atoms with van der Waals surface area (Å²) in [5, 5.41) is 7.93. The zero-order chi connectivity index (χ0) is 20.3. The molecule has 1 aliphatic rings. The summed E-state index contributed by atoms with van der Waals surface area (Å²) in [5.41, 5.74) is 2.08. The van der Waals surface area contributed by atoms with Crippen LogP contribution < -0.4 is 15.6 Å². The summed E-state index contributed by atoms with van der Waals surface area (Å²) in [4.78, 5) is 24.2. The molecule has 8 heteroatoms. The fourth-order valence-electron chi connectivity index (χ4n) is 3.71. The molecule has 0 saturated heterocycles. The van der Waals surface area contributed by atoms with E-state index in [2.05, 4.69) is 25.4 Å². The highest BCUT2D eigenvalue weighted by atomic mass is 16.5. The van der Waals surface area contributed by atoms with Gasteiger partial charge in [-0.3, -0.25) is 9.78 Å². The number of nitrogens with one attached hydrogen (secondary N) is 2. The molecule has 0 aliphatic heterocycles. The van der Waals surface area contributed by atoms with E-state index in [1.807, 2.05) is 42.5 Å². The van der Waals surface area contributed by atoms with Gasteiger partial charge < -0.3 is 10.1 Å². The maximum Gasteiger partial charge on any atom is 0.263 e. The molecular formula is C22H22N6O2. The molecule has 1 aromatic carbocycles. The van der Waals surface area contributed by atoms with Crippen LogP contribution in [0.5, 0.6) is 5.88 Å². The molecular weight excluding hydrogens is 380 g/mol. The molecule has 1 aliphatic carbocycles. The molecule has 4 aromatic rings. The monoisotopic (exact) mass is 402 g/mol. The summed E-state index contributed by atoms with van der Waals surface area (Å²) in [6, 6.07) is 13.5. The number of para-hydroxylation sites is 1. The number of fused-ring (bicyclic) bond motifs is 1. The highest BCUT2D eigenvalue weighted by Gasteiger charge is 2.17. The van der Waals surface area contributed by atoms with E-state index < -0.39 is 0 Å². The Balaban J connectivity index is 1.32. The maximum absolute atomic E-state index is 12.4.